The quantitative estimate of drug-likeness (QED) is 0.764. The van der Waals surface area contributed by atoms with E-state index in [1.807, 2.05) is 26.0 Å². The van der Waals surface area contributed by atoms with Crippen molar-refractivity contribution in [2.75, 3.05) is 13.1 Å². The van der Waals surface area contributed by atoms with Crippen molar-refractivity contribution in [1.29, 1.82) is 0 Å². The van der Waals surface area contributed by atoms with Crippen LogP contribution in [-0.4, -0.2) is 18.2 Å². The molecule has 0 spiro atoms. The molecule has 90 valence electrons. The number of hydrogen-bond acceptors (Lipinski definition) is 2. The van der Waals surface area contributed by atoms with Crippen molar-refractivity contribution in [3.8, 4) is 0 Å². The Kier molecular flexibility index (Phi) is 4.97. The van der Waals surface area contributed by atoms with Crippen LogP contribution in [0.2, 0.25) is 0 Å². The molecule has 0 aliphatic carbocycles. The van der Waals surface area contributed by atoms with Gasteiger partial charge in [0, 0.05) is 0 Å². The van der Waals surface area contributed by atoms with Gasteiger partial charge >= 0.3 is 0 Å². The van der Waals surface area contributed by atoms with E-state index in [0.717, 1.165) is 31.5 Å². The minimum Gasteiger partial charge on any atom is -0.385 e. The van der Waals surface area contributed by atoms with Crippen LogP contribution in [0.4, 0.5) is 0 Å². The summed E-state index contributed by atoms with van der Waals surface area (Å²) in [7, 11) is 0. The molecule has 0 amide bonds. The summed E-state index contributed by atoms with van der Waals surface area (Å²) >= 11 is 0. The summed E-state index contributed by atoms with van der Waals surface area (Å²) < 4.78 is 0. The fourth-order valence-corrected chi connectivity index (χ4v) is 1.99. The third kappa shape index (κ3) is 3.06. The fourth-order valence-electron chi connectivity index (χ4n) is 1.99. The van der Waals surface area contributed by atoms with Crippen molar-refractivity contribution < 1.29 is 5.11 Å². The van der Waals surface area contributed by atoms with Gasteiger partial charge in [-0.15, -0.1) is 0 Å². The Labute approximate surface area is 98.7 Å². The molecule has 1 aromatic rings. The molecule has 1 heterocycles. The molecule has 0 aromatic heterocycles. The van der Waals surface area contributed by atoms with Crippen molar-refractivity contribution in [3.63, 3.8) is 0 Å². The van der Waals surface area contributed by atoms with Gasteiger partial charge in [0.2, 0.25) is 0 Å². The predicted octanol–water partition coefficient (Wildman–Crippen LogP) is 2.59. The largest absolute Gasteiger partial charge is 0.385 e. The van der Waals surface area contributed by atoms with Gasteiger partial charge in [0.25, 0.3) is 0 Å². The number of piperidine rings is 1. The average molecular weight is 221 g/mol. The van der Waals surface area contributed by atoms with Crippen molar-refractivity contribution in [2.45, 2.75) is 39.2 Å². The Morgan fingerprint density at radius 3 is 2.06 bits per heavy atom. The van der Waals surface area contributed by atoms with Crippen LogP contribution in [0.3, 0.4) is 0 Å². The smallest absolute Gasteiger partial charge is 0.0920 e. The molecular weight excluding hydrogens is 198 g/mol. The van der Waals surface area contributed by atoms with Crippen molar-refractivity contribution in [1.82, 2.24) is 5.32 Å². The van der Waals surface area contributed by atoms with Crippen LogP contribution in [0, 0.1) is 6.92 Å². The van der Waals surface area contributed by atoms with E-state index in [1.165, 1.54) is 5.56 Å². The van der Waals surface area contributed by atoms with Gasteiger partial charge in [-0.3, -0.25) is 0 Å². The summed E-state index contributed by atoms with van der Waals surface area (Å²) in [6.07, 6.45) is 1.63. The first-order valence-electron chi connectivity index (χ1n) is 6.21. The van der Waals surface area contributed by atoms with Gasteiger partial charge in [-0.2, -0.15) is 0 Å². The highest BCUT2D eigenvalue weighted by atomic mass is 16.3. The molecule has 0 saturated carbocycles. The maximum Gasteiger partial charge on any atom is 0.0920 e. The molecule has 1 saturated heterocycles. The van der Waals surface area contributed by atoms with Gasteiger partial charge in [-0.05, 0) is 38.4 Å². The van der Waals surface area contributed by atoms with Crippen LogP contribution in [0.5, 0.6) is 0 Å². The summed E-state index contributed by atoms with van der Waals surface area (Å²) in [5.41, 5.74) is 1.70. The zero-order chi connectivity index (χ0) is 12.0. The monoisotopic (exact) mass is 221 g/mol. The van der Waals surface area contributed by atoms with Gasteiger partial charge < -0.3 is 10.4 Å². The highest BCUT2D eigenvalue weighted by molar-refractivity contribution is 5.27. The molecule has 1 aliphatic heterocycles. The summed E-state index contributed by atoms with van der Waals surface area (Å²) in [5, 5.41) is 13.7. The van der Waals surface area contributed by atoms with Crippen molar-refractivity contribution >= 4 is 0 Å². The SMILES string of the molecule is CC.Cc1ccc(C2(O)CCNCC2)cc1. The van der Waals surface area contributed by atoms with E-state index >= 15 is 0 Å². The Bertz CT molecular complexity index is 299. The second-order valence-corrected chi connectivity index (χ2v) is 4.15. The molecule has 2 rings (SSSR count). The van der Waals surface area contributed by atoms with Crippen LogP contribution < -0.4 is 5.32 Å². The summed E-state index contributed by atoms with van der Waals surface area (Å²) in [6.45, 7) is 7.88. The van der Waals surface area contributed by atoms with Crippen LogP contribution in [0.1, 0.15) is 37.8 Å². The lowest BCUT2D eigenvalue weighted by atomic mass is 9.85. The minimum absolute atomic E-state index is 0.598. The Hall–Kier alpha value is -0.860. The summed E-state index contributed by atoms with van der Waals surface area (Å²) in [6, 6.07) is 8.21. The molecule has 2 heteroatoms. The van der Waals surface area contributed by atoms with Gasteiger partial charge in [0.05, 0.1) is 5.60 Å². The van der Waals surface area contributed by atoms with Crippen molar-refractivity contribution in [2.24, 2.45) is 0 Å². The third-order valence-electron chi connectivity index (χ3n) is 3.02. The fraction of sp³-hybridized carbons (Fsp3) is 0.571. The molecule has 0 bridgehead atoms. The second kappa shape index (κ2) is 6.02. The molecular formula is C14H23NO. The summed E-state index contributed by atoms with van der Waals surface area (Å²) in [4.78, 5) is 0. The number of benzene rings is 1. The van der Waals surface area contributed by atoms with E-state index in [1.54, 1.807) is 0 Å². The molecule has 1 aliphatic rings. The van der Waals surface area contributed by atoms with Gasteiger partial charge in [0.1, 0.15) is 0 Å². The summed E-state index contributed by atoms with van der Waals surface area (Å²) in [5.74, 6) is 0. The number of rotatable bonds is 1. The van der Waals surface area contributed by atoms with E-state index in [9.17, 15) is 5.11 Å². The Morgan fingerprint density at radius 1 is 1.06 bits per heavy atom. The zero-order valence-electron chi connectivity index (χ0n) is 10.6. The molecule has 1 fully saturated rings. The van der Waals surface area contributed by atoms with Crippen LogP contribution in [-0.2, 0) is 5.60 Å². The van der Waals surface area contributed by atoms with Gasteiger partial charge in [0.15, 0.2) is 0 Å². The number of hydrogen-bond donors (Lipinski definition) is 2. The second-order valence-electron chi connectivity index (χ2n) is 4.15. The molecule has 0 radical (unpaired) electrons. The molecule has 2 N–H and O–H groups in total. The topological polar surface area (TPSA) is 32.3 Å². The average Bonchev–Trinajstić information content (AvgIpc) is 2.33. The van der Waals surface area contributed by atoms with E-state index in [2.05, 4.69) is 24.4 Å². The third-order valence-corrected chi connectivity index (χ3v) is 3.02. The maximum atomic E-state index is 10.4. The van der Waals surface area contributed by atoms with Crippen LogP contribution in [0.15, 0.2) is 24.3 Å². The lowest BCUT2D eigenvalue weighted by Crippen LogP contribution is -2.39. The molecule has 0 atom stereocenters. The van der Waals surface area contributed by atoms with E-state index in [4.69, 9.17) is 0 Å². The number of aryl methyl sites for hydroxylation is 1. The molecule has 16 heavy (non-hydrogen) atoms. The molecule has 0 unspecified atom stereocenters. The normalized spacial score (nSPS) is 18.5. The first kappa shape index (κ1) is 13.2. The van der Waals surface area contributed by atoms with Crippen LogP contribution >= 0.6 is 0 Å². The van der Waals surface area contributed by atoms with E-state index < -0.39 is 5.60 Å². The number of aliphatic hydroxyl groups is 1. The van der Waals surface area contributed by atoms with E-state index in [-0.39, 0.29) is 0 Å². The first-order chi connectivity index (χ1) is 7.71. The molecule has 1 aromatic carbocycles. The number of nitrogens with one attached hydrogen (secondary N) is 1. The highest BCUT2D eigenvalue weighted by Crippen LogP contribution is 2.30. The first-order valence-corrected chi connectivity index (χ1v) is 6.21. The zero-order valence-corrected chi connectivity index (χ0v) is 10.6. The Morgan fingerprint density at radius 2 is 1.56 bits per heavy atom. The van der Waals surface area contributed by atoms with Gasteiger partial charge in [-0.25, -0.2) is 0 Å². The lowest BCUT2D eigenvalue weighted by Gasteiger charge is -2.33. The lowest BCUT2D eigenvalue weighted by molar-refractivity contribution is 0.00593. The maximum absolute atomic E-state index is 10.4. The van der Waals surface area contributed by atoms with Crippen LogP contribution in [0.25, 0.3) is 0 Å². The molecule has 2 nitrogen and oxygen atoms in total. The standard InChI is InChI=1S/C12H17NO.C2H6/c1-10-2-4-11(5-3-10)12(14)6-8-13-9-7-12;1-2/h2-5,13-14H,6-9H2,1H3;1-2H3. The Balaban J connectivity index is 0.000000606. The van der Waals surface area contributed by atoms with Crippen molar-refractivity contribution in [3.05, 3.63) is 35.4 Å². The highest BCUT2D eigenvalue weighted by Gasteiger charge is 2.30. The predicted molar refractivity (Wildman–Crippen MR) is 68.5 cm³/mol. The minimum atomic E-state index is -0.598. The van der Waals surface area contributed by atoms with Gasteiger partial charge in [-0.1, -0.05) is 43.7 Å². The van der Waals surface area contributed by atoms with E-state index in [0.29, 0.717) is 0 Å².